The van der Waals surface area contributed by atoms with Gasteiger partial charge in [-0.05, 0) is 24.1 Å². The SMILES string of the molecule is C#CC(CCC)NC(CN)c1cccc(F)c1. The molecule has 1 aromatic rings. The number of rotatable bonds is 6. The molecule has 0 radical (unpaired) electrons. The molecule has 92 valence electrons. The van der Waals surface area contributed by atoms with E-state index >= 15 is 0 Å². The van der Waals surface area contributed by atoms with E-state index in [0.29, 0.717) is 6.54 Å². The topological polar surface area (TPSA) is 38.0 Å². The lowest BCUT2D eigenvalue weighted by Gasteiger charge is -2.21. The van der Waals surface area contributed by atoms with Gasteiger partial charge in [0, 0.05) is 12.6 Å². The smallest absolute Gasteiger partial charge is 0.123 e. The van der Waals surface area contributed by atoms with Crippen molar-refractivity contribution < 1.29 is 4.39 Å². The van der Waals surface area contributed by atoms with E-state index in [2.05, 4.69) is 18.2 Å². The van der Waals surface area contributed by atoms with Crippen LogP contribution in [0.3, 0.4) is 0 Å². The van der Waals surface area contributed by atoms with Crippen molar-refractivity contribution >= 4 is 0 Å². The van der Waals surface area contributed by atoms with Gasteiger partial charge in [0.15, 0.2) is 0 Å². The molecule has 1 rings (SSSR count). The zero-order valence-corrected chi connectivity index (χ0v) is 10.1. The Morgan fingerprint density at radius 3 is 2.82 bits per heavy atom. The Balaban J connectivity index is 2.75. The fourth-order valence-electron chi connectivity index (χ4n) is 1.77. The molecule has 0 aliphatic rings. The fraction of sp³-hybridized carbons (Fsp3) is 0.429. The van der Waals surface area contributed by atoms with Gasteiger partial charge in [0.05, 0.1) is 6.04 Å². The van der Waals surface area contributed by atoms with Crippen molar-refractivity contribution in [3.63, 3.8) is 0 Å². The molecule has 3 heteroatoms. The van der Waals surface area contributed by atoms with Crippen molar-refractivity contribution in [1.82, 2.24) is 5.32 Å². The zero-order chi connectivity index (χ0) is 12.7. The van der Waals surface area contributed by atoms with E-state index in [1.807, 2.05) is 6.07 Å². The molecular formula is C14H19FN2. The number of halogens is 1. The fourth-order valence-corrected chi connectivity index (χ4v) is 1.77. The average molecular weight is 234 g/mol. The van der Waals surface area contributed by atoms with Gasteiger partial charge in [-0.3, -0.25) is 5.32 Å². The molecule has 17 heavy (non-hydrogen) atoms. The molecule has 0 saturated heterocycles. The Labute approximate surface area is 102 Å². The largest absolute Gasteiger partial charge is 0.329 e. The van der Waals surface area contributed by atoms with Gasteiger partial charge in [0.1, 0.15) is 5.82 Å². The van der Waals surface area contributed by atoms with Gasteiger partial charge in [0.25, 0.3) is 0 Å². The van der Waals surface area contributed by atoms with Crippen LogP contribution in [0.5, 0.6) is 0 Å². The van der Waals surface area contributed by atoms with E-state index < -0.39 is 0 Å². The summed E-state index contributed by atoms with van der Waals surface area (Å²) in [5.74, 6) is 2.44. The van der Waals surface area contributed by atoms with Crippen LogP contribution in [-0.2, 0) is 0 Å². The Kier molecular flexibility index (Phi) is 5.68. The number of benzene rings is 1. The van der Waals surface area contributed by atoms with Crippen molar-refractivity contribution in [3.8, 4) is 12.3 Å². The summed E-state index contributed by atoms with van der Waals surface area (Å²) in [6.07, 6.45) is 7.34. The predicted octanol–water partition coefficient (Wildman–Crippen LogP) is 2.22. The van der Waals surface area contributed by atoms with Crippen molar-refractivity contribution in [2.45, 2.75) is 31.8 Å². The van der Waals surface area contributed by atoms with Gasteiger partial charge < -0.3 is 5.73 Å². The highest BCUT2D eigenvalue weighted by molar-refractivity contribution is 5.21. The molecule has 0 aliphatic carbocycles. The molecule has 1 aromatic carbocycles. The van der Waals surface area contributed by atoms with E-state index in [-0.39, 0.29) is 17.9 Å². The molecule has 0 heterocycles. The van der Waals surface area contributed by atoms with Gasteiger partial charge in [0.2, 0.25) is 0 Å². The number of nitrogens with one attached hydrogen (secondary N) is 1. The third-order valence-electron chi connectivity index (χ3n) is 2.67. The first-order valence-corrected chi connectivity index (χ1v) is 5.89. The highest BCUT2D eigenvalue weighted by atomic mass is 19.1. The number of hydrogen-bond acceptors (Lipinski definition) is 2. The molecule has 2 nitrogen and oxygen atoms in total. The maximum Gasteiger partial charge on any atom is 0.123 e. The van der Waals surface area contributed by atoms with Crippen LogP contribution in [0.2, 0.25) is 0 Å². The molecule has 2 atom stereocenters. The van der Waals surface area contributed by atoms with Crippen molar-refractivity contribution in [1.29, 1.82) is 0 Å². The zero-order valence-electron chi connectivity index (χ0n) is 10.1. The second-order valence-corrected chi connectivity index (χ2v) is 4.02. The lowest BCUT2D eigenvalue weighted by atomic mass is 10.0. The summed E-state index contributed by atoms with van der Waals surface area (Å²) in [4.78, 5) is 0. The standard InChI is InChI=1S/C14H19FN2/c1-3-6-13(4-2)17-14(10-16)11-7-5-8-12(15)9-11/h2,5,7-9,13-14,17H,3,6,10,16H2,1H3. The minimum atomic E-state index is -0.254. The van der Waals surface area contributed by atoms with Crippen molar-refractivity contribution in [2.75, 3.05) is 6.54 Å². The van der Waals surface area contributed by atoms with Crippen LogP contribution in [0, 0.1) is 18.2 Å². The first kappa shape index (κ1) is 13.7. The Morgan fingerprint density at radius 1 is 1.53 bits per heavy atom. The quantitative estimate of drug-likeness (QED) is 0.741. The second-order valence-electron chi connectivity index (χ2n) is 4.02. The molecule has 0 saturated carbocycles. The Bertz CT molecular complexity index is 384. The van der Waals surface area contributed by atoms with Crippen LogP contribution in [0.1, 0.15) is 31.4 Å². The van der Waals surface area contributed by atoms with Crippen molar-refractivity contribution in [3.05, 3.63) is 35.6 Å². The van der Waals surface area contributed by atoms with E-state index in [4.69, 9.17) is 12.2 Å². The molecule has 0 fully saturated rings. The van der Waals surface area contributed by atoms with Gasteiger partial charge >= 0.3 is 0 Å². The number of hydrogen-bond donors (Lipinski definition) is 2. The maximum absolute atomic E-state index is 13.1. The van der Waals surface area contributed by atoms with Gasteiger partial charge in [-0.25, -0.2) is 4.39 Å². The van der Waals surface area contributed by atoms with Gasteiger partial charge in [-0.1, -0.05) is 31.4 Å². The van der Waals surface area contributed by atoms with E-state index in [1.54, 1.807) is 6.07 Å². The molecule has 3 N–H and O–H groups in total. The summed E-state index contributed by atoms with van der Waals surface area (Å²) in [5, 5.41) is 3.27. The highest BCUT2D eigenvalue weighted by Crippen LogP contribution is 2.14. The van der Waals surface area contributed by atoms with Crippen LogP contribution in [0.15, 0.2) is 24.3 Å². The summed E-state index contributed by atoms with van der Waals surface area (Å²) < 4.78 is 13.1. The summed E-state index contributed by atoms with van der Waals surface area (Å²) in [5.41, 5.74) is 6.54. The molecular weight excluding hydrogens is 215 g/mol. The Morgan fingerprint density at radius 2 is 2.29 bits per heavy atom. The lowest BCUT2D eigenvalue weighted by Crippen LogP contribution is -2.35. The summed E-state index contributed by atoms with van der Waals surface area (Å²) in [6.45, 7) is 2.47. The lowest BCUT2D eigenvalue weighted by molar-refractivity contribution is 0.473. The van der Waals surface area contributed by atoms with Crippen LogP contribution < -0.4 is 11.1 Å². The summed E-state index contributed by atoms with van der Waals surface area (Å²) in [6, 6.07) is 6.33. The van der Waals surface area contributed by atoms with Crippen LogP contribution in [0.25, 0.3) is 0 Å². The number of nitrogens with two attached hydrogens (primary N) is 1. The second kappa shape index (κ2) is 7.05. The van der Waals surface area contributed by atoms with Crippen LogP contribution in [0.4, 0.5) is 4.39 Å². The Hall–Kier alpha value is -1.37. The predicted molar refractivity (Wildman–Crippen MR) is 68.9 cm³/mol. The first-order valence-electron chi connectivity index (χ1n) is 5.89. The average Bonchev–Trinajstić information content (AvgIpc) is 2.34. The maximum atomic E-state index is 13.1. The van der Waals surface area contributed by atoms with Crippen LogP contribution >= 0.6 is 0 Å². The molecule has 0 spiro atoms. The third-order valence-corrected chi connectivity index (χ3v) is 2.67. The third kappa shape index (κ3) is 4.18. The minimum absolute atomic E-state index is 0.0168. The number of terminal acetylenes is 1. The van der Waals surface area contributed by atoms with Crippen LogP contribution in [-0.4, -0.2) is 12.6 Å². The molecule has 2 unspecified atom stereocenters. The van der Waals surface area contributed by atoms with E-state index in [1.165, 1.54) is 12.1 Å². The monoisotopic (exact) mass is 234 g/mol. The van der Waals surface area contributed by atoms with E-state index in [0.717, 1.165) is 18.4 Å². The summed E-state index contributed by atoms with van der Waals surface area (Å²) >= 11 is 0. The van der Waals surface area contributed by atoms with Gasteiger partial charge in [-0.15, -0.1) is 6.42 Å². The van der Waals surface area contributed by atoms with Crippen molar-refractivity contribution in [2.24, 2.45) is 5.73 Å². The molecule has 0 amide bonds. The first-order chi connectivity index (χ1) is 8.21. The normalized spacial score (nSPS) is 14.0. The molecule has 0 bridgehead atoms. The molecule has 0 aromatic heterocycles. The molecule has 0 aliphatic heterocycles. The van der Waals surface area contributed by atoms with E-state index in [9.17, 15) is 4.39 Å². The van der Waals surface area contributed by atoms with Gasteiger partial charge in [-0.2, -0.15) is 0 Å². The highest BCUT2D eigenvalue weighted by Gasteiger charge is 2.13. The summed E-state index contributed by atoms with van der Waals surface area (Å²) in [7, 11) is 0. The minimum Gasteiger partial charge on any atom is -0.329 e.